The first-order chi connectivity index (χ1) is 3.66. The van der Waals surface area contributed by atoms with Gasteiger partial charge in [0.25, 0.3) is 0 Å². The second-order valence-corrected chi connectivity index (χ2v) is 1.63. The van der Waals surface area contributed by atoms with E-state index in [-0.39, 0.29) is 62.4 Å². The van der Waals surface area contributed by atoms with Crippen LogP contribution in [0.3, 0.4) is 0 Å². The van der Waals surface area contributed by atoms with Crippen LogP contribution in [0.5, 0.6) is 0 Å². The molecule has 0 rings (SSSR count). The molecule has 1 radical (unpaired) electrons. The summed E-state index contributed by atoms with van der Waals surface area (Å²) in [6.07, 6.45) is -0.515. The van der Waals surface area contributed by atoms with Crippen molar-refractivity contribution in [2.75, 3.05) is 7.11 Å². The van der Waals surface area contributed by atoms with E-state index in [0.29, 0.717) is 0 Å². The van der Waals surface area contributed by atoms with Crippen molar-refractivity contribution in [2.24, 2.45) is 0 Å². The maximum Gasteiger partial charge on any atom is 0.308 e. The van der Waals surface area contributed by atoms with Gasteiger partial charge in [-0.25, -0.2) is 0 Å². The van der Waals surface area contributed by atoms with Gasteiger partial charge in [0.2, 0.25) is 0 Å². The Morgan fingerprint density at radius 2 is 2.10 bits per heavy atom. The van der Waals surface area contributed by atoms with Crippen LogP contribution < -0.4 is 0 Å². The molecule has 1 atom stereocenters. The van der Waals surface area contributed by atoms with E-state index in [2.05, 4.69) is 4.74 Å². The molecular formula is C5H10NaO3Pd. The molecule has 0 aromatic carbocycles. The van der Waals surface area contributed by atoms with Gasteiger partial charge in [-0.1, -0.05) is 0 Å². The molecule has 0 saturated heterocycles. The third kappa shape index (κ3) is 11.8. The Morgan fingerprint density at radius 3 is 2.20 bits per heavy atom. The SMILES string of the molecule is COC(=O)C[C@@H](C)O.[Na].[Pd]. The van der Waals surface area contributed by atoms with Crippen molar-refractivity contribution in [2.45, 2.75) is 19.4 Å². The number of rotatable bonds is 2. The van der Waals surface area contributed by atoms with Crippen molar-refractivity contribution in [3.63, 3.8) is 0 Å². The summed E-state index contributed by atoms with van der Waals surface area (Å²) >= 11 is 0. The zero-order valence-electron chi connectivity index (χ0n) is 6.36. The molecule has 0 saturated carbocycles. The standard InChI is InChI=1S/C5H10O3.Na.Pd/c1-4(6)3-5(7)8-2;;/h4,6H,3H2,1-2H3;;/t4-;;/m1../s1. The molecule has 0 bridgehead atoms. The fourth-order valence-electron chi connectivity index (χ4n) is 0.325. The molecule has 59 valence electrons. The molecule has 3 nitrogen and oxygen atoms in total. The first-order valence-corrected chi connectivity index (χ1v) is 2.41. The summed E-state index contributed by atoms with van der Waals surface area (Å²) in [6, 6.07) is 0. The van der Waals surface area contributed by atoms with E-state index in [1.165, 1.54) is 14.0 Å². The van der Waals surface area contributed by atoms with Crippen LogP contribution in [0.25, 0.3) is 0 Å². The van der Waals surface area contributed by atoms with Gasteiger partial charge in [0.15, 0.2) is 0 Å². The van der Waals surface area contributed by atoms with Crippen LogP contribution in [0.4, 0.5) is 0 Å². The molecule has 10 heavy (non-hydrogen) atoms. The van der Waals surface area contributed by atoms with E-state index in [1.807, 2.05) is 0 Å². The molecule has 0 aromatic heterocycles. The van der Waals surface area contributed by atoms with Gasteiger partial charge in [0, 0.05) is 50.0 Å². The van der Waals surface area contributed by atoms with E-state index in [4.69, 9.17) is 5.11 Å². The molecule has 0 amide bonds. The normalized spacial score (nSPS) is 10.3. The quantitative estimate of drug-likeness (QED) is 0.531. The minimum absolute atomic E-state index is 0. The van der Waals surface area contributed by atoms with Crippen molar-refractivity contribution in [1.82, 2.24) is 0 Å². The summed E-state index contributed by atoms with van der Waals surface area (Å²) in [4.78, 5) is 10.2. The number of methoxy groups -OCH3 is 1. The maximum atomic E-state index is 10.2. The van der Waals surface area contributed by atoms with Crippen LogP contribution >= 0.6 is 0 Å². The number of aliphatic hydroxyl groups is 1. The van der Waals surface area contributed by atoms with E-state index in [9.17, 15) is 4.79 Å². The zero-order valence-corrected chi connectivity index (χ0v) is 9.92. The van der Waals surface area contributed by atoms with Crippen molar-refractivity contribution in [3.8, 4) is 0 Å². The van der Waals surface area contributed by atoms with Crippen molar-refractivity contribution < 1.29 is 35.1 Å². The Labute approximate surface area is 96.5 Å². The van der Waals surface area contributed by atoms with Gasteiger partial charge in [-0.2, -0.15) is 0 Å². The summed E-state index contributed by atoms with van der Waals surface area (Å²) in [5.41, 5.74) is 0. The summed E-state index contributed by atoms with van der Waals surface area (Å²) < 4.78 is 4.26. The second kappa shape index (κ2) is 10.1. The molecule has 0 aliphatic heterocycles. The Kier molecular flexibility index (Phi) is 17.4. The largest absolute Gasteiger partial charge is 0.469 e. The number of ether oxygens (including phenoxy) is 1. The molecule has 0 heterocycles. The van der Waals surface area contributed by atoms with E-state index >= 15 is 0 Å². The number of aliphatic hydroxyl groups excluding tert-OH is 1. The van der Waals surface area contributed by atoms with Crippen LogP contribution in [0.1, 0.15) is 13.3 Å². The Balaban J connectivity index is -0.000000245. The molecule has 5 heteroatoms. The van der Waals surface area contributed by atoms with Crippen LogP contribution in [-0.2, 0) is 30.0 Å². The minimum atomic E-state index is -0.595. The third-order valence-electron chi connectivity index (χ3n) is 0.690. The molecular weight excluding hydrogens is 237 g/mol. The van der Waals surface area contributed by atoms with Gasteiger partial charge in [-0.3, -0.25) is 4.79 Å². The monoisotopic (exact) mass is 247 g/mol. The van der Waals surface area contributed by atoms with E-state index in [1.54, 1.807) is 0 Å². The van der Waals surface area contributed by atoms with Crippen LogP contribution in [-0.4, -0.2) is 53.8 Å². The summed E-state index contributed by atoms with van der Waals surface area (Å²) in [6.45, 7) is 1.54. The van der Waals surface area contributed by atoms with Gasteiger partial charge in [-0.15, -0.1) is 0 Å². The molecule has 0 fully saturated rings. The molecule has 0 unspecified atom stereocenters. The summed E-state index contributed by atoms with van der Waals surface area (Å²) in [7, 11) is 1.30. The fourth-order valence-corrected chi connectivity index (χ4v) is 0.325. The average Bonchev–Trinajstić information content (AvgIpc) is 1.65. The zero-order chi connectivity index (χ0) is 6.57. The predicted octanol–water partition coefficient (Wildman–Crippen LogP) is -0.453. The third-order valence-corrected chi connectivity index (χ3v) is 0.690. The molecule has 0 aliphatic carbocycles. The topological polar surface area (TPSA) is 46.5 Å². The van der Waals surface area contributed by atoms with Crippen LogP contribution in [0, 0.1) is 0 Å². The fraction of sp³-hybridized carbons (Fsp3) is 0.800. The van der Waals surface area contributed by atoms with Gasteiger partial charge in [0.1, 0.15) is 0 Å². The Hall–Kier alpha value is 1.09. The minimum Gasteiger partial charge on any atom is -0.469 e. The number of hydrogen-bond donors (Lipinski definition) is 1. The van der Waals surface area contributed by atoms with Crippen LogP contribution in [0.15, 0.2) is 0 Å². The van der Waals surface area contributed by atoms with Gasteiger partial charge in [0.05, 0.1) is 19.6 Å². The first kappa shape index (κ1) is 17.3. The molecule has 1 N–H and O–H groups in total. The van der Waals surface area contributed by atoms with Gasteiger partial charge in [-0.05, 0) is 6.92 Å². The summed E-state index contributed by atoms with van der Waals surface area (Å²) in [5.74, 6) is -0.375. The maximum absolute atomic E-state index is 10.2. The second-order valence-electron chi connectivity index (χ2n) is 1.63. The molecule has 0 spiro atoms. The van der Waals surface area contributed by atoms with Gasteiger partial charge >= 0.3 is 5.97 Å². The number of carbonyl (C=O) groups excluding carboxylic acids is 1. The average molecular weight is 248 g/mol. The molecule has 0 aromatic rings. The number of hydrogen-bond acceptors (Lipinski definition) is 3. The van der Waals surface area contributed by atoms with Crippen molar-refractivity contribution in [1.29, 1.82) is 0 Å². The number of carbonyl (C=O) groups is 1. The first-order valence-electron chi connectivity index (χ1n) is 2.41. The molecule has 0 aliphatic rings. The Morgan fingerprint density at radius 1 is 1.70 bits per heavy atom. The van der Waals surface area contributed by atoms with E-state index in [0.717, 1.165) is 0 Å². The summed E-state index contributed by atoms with van der Waals surface area (Å²) in [5, 5.41) is 8.55. The van der Waals surface area contributed by atoms with Crippen molar-refractivity contribution in [3.05, 3.63) is 0 Å². The van der Waals surface area contributed by atoms with Gasteiger partial charge < -0.3 is 9.84 Å². The Bertz CT molecular complexity index is 87.0. The van der Waals surface area contributed by atoms with Crippen LogP contribution in [0.2, 0.25) is 0 Å². The van der Waals surface area contributed by atoms with E-state index < -0.39 is 6.10 Å². The smallest absolute Gasteiger partial charge is 0.308 e. The predicted molar refractivity (Wildman–Crippen MR) is 34.1 cm³/mol. The van der Waals surface area contributed by atoms with Crippen molar-refractivity contribution >= 4 is 35.5 Å². The number of esters is 1.